The Balaban J connectivity index is 1.59. The van der Waals surface area contributed by atoms with E-state index in [1.165, 1.54) is 6.42 Å². The maximum atomic E-state index is 12.7. The van der Waals surface area contributed by atoms with Crippen LogP contribution < -0.4 is 10.7 Å². The molecule has 0 bridgehead atoms. The SMILES string of the molecule is CC(=NNC(=O)CCC1(NC(=O)c2ccccc2)CCCCC1)c1cccc(Br)c1. The van der Waals surface area contributed by atoms with Crippen molar-refractivity contribution in [3.8, 4) is 0 Å². The van der Waals surface area contributed by atoms with E-state index in [-0.39, 0.29) is 17.4 Å². The largest absolute Gasteiger partial charge is 0.347 e. The minimum Gasteiger partial charge on any atom is -0.347 e. The molecule has 5 nitrogen and oxygen atoms in total. The second-order valence-corrected chi connectivity index (χ2v) is 8.82. The van der Waals surface area contributed by atoms with Crippen LogP contribution >= 0.6 is 15.9 Å². The maximum absolute atomic E-state index is 12.7. The monoisotopic (exact) mass is 469 g/mol. The number of hydrogen-bond donors (Lipinski definition) is 2. The van der Waals surface area contributed by atoms with E-state index in [2.05, 4.69) is 31.8 Å². The number of halogens is 1. The molecule has 1 fully saturated rings. The molecule has 0 atom stereocenters. The first-order valence-corrected chi connectivity index (χ1v) is 11.2. The topological polar surface area (TPSA) is 70.6 Å². The van der Waals surface area contributed by atoms with Crippen molar-refractivity contribution in [2.45, 2.75) is 57.4 Å². The molecule has 0 aromatic heterocycles. The lowest BCUT2D eigenvalue weighted by Crippen LogP contribution is -2.50. The molecular weight excluding hydrogens is 442 g/mol. The summed E-state index contributed by atoms with van der Waals surface area (Å²) in [6.07, 6.45) is 6.05. The Labute approximate surface area is 186 Å². The lowest BCUT2D eigenvalue weighted by molar-refractivity contribution is -0.121. The van der Waals surface area contributed by atoms with Gasteiger partial charge in [0.05, 0.1) is 5.71 Å². The number of hydrazone groups is 1. The molecule has 0 heterocycles. The van der Waals surface area contributed by atoms with Crippen LogP contribution in [0.15, 0.2) is 64.2 Å². The molecule has 1 saturated carbocycles. The highest BCUT2D eigenvalue weighted by molar-refractivity contribution is 9.10. The van der Waals surface area contributed by atoms with Crippen LogP contribution in [-0.2, 0) is 4.79 Å². The Bertz CT molecular complexity index is 906. The van der Waals surface area contributed by atoms with Crippen molar-refractivity contribution >= 4 is 33.5 Å². The molecule has 1 aliphatic rings. The predicted octanol–water partition coefficient (Wildman–Crippen LogP) is 5.20. The second-order valence-electron chi connectivity index (χ2n) is 7.90. The summed E-state index contributed by atoms with van der Waals surface area (Å²) in [5.74, 6) is -0.204. The van der Waals surface area contributed by atoms with Gasteiger partial charge in [0.25, 0.3) is 5.91 Å². The summed E-state index contributed by atoms with van der Waals surface area (Å²) in [7, 11) is 0. The van der Waals surface area contributed by atoms with Crippen molar-refractivity contribution in [2.24, 2.45) is 5.10 Å². The molecule has 2 aromatic carbocycles. The molecule has 2 aromatic rings. The molecular formula is C24H28BrN3O2. The van der Waals surface area contributed by atoms with Gasteiger partial charge in [-0.05, 0) is 56.0 Å². The Morgan fingerprint density at radius 2 is 1.70 bits per heavy atom. The molecule has 0 radical (unpaired) electrons. The first-order chi connectivity index (χ1) is 14.5. The molecule has 158 valence electrons. The Hall–Kier alpha value is -2.47. The summed E-state index contributed by atoms with van der Waals surface area (Å²) in [5, 5.41) is 7.48. The summed E-state index contributed by atoms with van der Waals surface area (Å²) in [6.45, 7) is 1.87. The van der Waals surface area contributed by atoms with E-state index in [9.17, 15) is 9.59 Å². The van der Waals surface area contributed by atoms with Crippen LogP contribution in [0.1, 0.15) is 67.8 Å². The minimum absolute atomic E-state index is 0.0681. The Kier molecular flexibility index (Phi) is 7.80. The van der Waals surface area contributed by atoms with Gasteiger partial charge in [-0.2, -0.15) is 5.10 Å². The fourth-order valence-corrected chi connectivity index (χ4v) is 4.30. The lowest BCUT2D eigenvalue weighted by atomic mass is 9.78. The van der Waals surface area contributed by atoms with Crippen molar-refractivity contribution in [1.82, 2.24) is 10.7 Å². The lowest BCUT2D eigenvalue weighted by Gasteiger charge is -2.38. The minimum atomic E-state index is -0.328. The molecule has 2 amide bonds. The summed E-state index contributed by atoms with van der Waals surface area (Å²) < 4.78 is 0.967. The zero-order valence-electron chi connectivity index (χ0n) is 17.3. The fraction of sp³-hybridized carbons (Fsp3) is 0.375. The number of hydrogen-bond acceptors (Lipinski definition) is 3. The fourth-order valence-electron chi connectivity index (χ4n) is 3.90. The number of carbonyl (C=O) groups is 2. The van der Waals surface area contributed by atoms with E-state index in [1.807, 2.05) is 61.5 Å². The number of benzene rings is 2. The van der Waals surface area contributed by atoms with Crippen LogP contribution in [0.5, 0.6) is 0 Å². The highest BCUT2D eigenvalue weighted by Gasteiger charge is 2.34. The number of nitrogens with one attached hydrogen (secondary N) is 2. The molecule has 2 N–H and O–H groups in total. The molecule has 0 aliphatic heterocycles. The van der Waals surface area contributed by atoms with Gasteiger partial charge in [-0.25, -0.2) is 5.43 Å². The van der Waals surface area contributed by atoms with E-state index in [0.29, 0.717) is 18.4 Å². The maximum Gasteiger partial charge on any atom is 0.251 e. The van der Waals surface area contributed by atoms with Crippen molar-refractivity contribution in [3.63, 3.8) is 0 Å². The van der Waals surface area contributed by atoms with Gasteiger partial charge in [0, 0.05) is 22.0 Å². The van der Waals surface area contributed by atoms with Gasteiger partial charge in [-0.1, -0.05) is 65.5 Å². The third-order valence-corrected chi connectivity index (χ3v) is 6.14. The highest BCUT2D eigenvalue weighted by Crippen LogP contribution is 2.32. The molecule has 6 heteroatoms. The van der Waals surface area contributed by atoms with Crippen LogP contribution in [0.4, 0.5) is 0 Å². The van der Waals surface area contributed by atoms with Crippen molar-refractivity contribution < 1.29 is 9.59 Å². The molecule has 0 spiro atoms. The smallest absolute Gasteiger partial charge is 0.251 e. The van der Waals surface area contributed by atoms with Crippen LogP contribution in [0.2, 0.25) is 0 Å². The van der Waals surface area contributed by atoms with Gasteiger partial charge < -0.3 is 5.32 Å². The molecule has 3 rings (SSSR count). The number of carbonyl (C=O) groups excluding carboxylic acids is 2. The van der Waals surface area contributed by atoms with E-state index >= 15 is 0 Å². The van der Waals surface area contributed by atoms with E-state index in [1.54, 1.807) is 0 Å². The summed E-state index contributed by atoms with van der Waals surface area (Å²) in [6, 6.07) is 17.0. The first-order valence-electron chi connectivity index (χ1n) is 10.4. The zero-order chi connectivity index (χ0) is 21.4. The number of nitrogens with zero attached hydrogens (tertiary/aromatic N) is 1. The summed E-state index contributed by atoms with van der Waals surface area (Å²) in [5.41, 5.74) is 4.68. The van der Waals surface area contributed by atoms with E-state index in [4.69, 9.17) is 0 Å². The van der Waals surface area contributed by atoms with Crippen LogP contribution in [0.3, 0.4) is 0 Å². The van der Waals surface area contributed by atoms with E-state index in [0.717, 1.165) is 41.4 Å². The van der Waals surface area contributed by atoms with Gasteiger partial charge in [0.15, 0.2) is 0 Å². The Morgan fingerprint density at radius 3 is 2.40 bits per heavy atom. The number of amides is 2. The van der Waals surface area contributed by atoms with Crippen molar-refractivity contribution in [2.75, 3.05) is 0 Å². The van der Waals surface area contributed by atoms with Crippen LogP contribution in [0.25, 0.3) is 0 Å². The van der Waals surface area contributed by atoms with Gasteiger partial charge in [0.1, 0.15) is 0 Å². The van der Waals surface area contributed by atoms with E-state index < -0.39 is 0 Å². The first kappa shape index (κ1) is 22.2. The second kappa shape index (κ2) is 10.5. The average Bonchev–Trinajstić information content (AvgIpc) is 2.77. The summed E-state index contributed by atoms with van der Waals surface area (Å²) in [4.78, 5) is 25.2. The van der Waals surface area contributed by atoms with Gasteiger partial charge in [-0.3, -0.25) is 9.59 Å². The van der Waals surface area contributed by atoms with Gasteiger partial charge in [-0.15, -0.1) is 0 Å². The summed E-state index contributed by atoms with van der Waals surface area (Å²) >= 11 is 3.44. The third-order valence-electron chi connectivity index (χ3n) is 5.65. The molecule has 0 unspecified atom stereocenters. The van der Waals surface area contributed by atoms with Gasteiger partial charge in [0.2, 0.25) is 5.91 Å². The van der Waals surface area contributed by atoms with Crippen LogP contribution in [0, 0.1) is 0 Å². The Morgan fingerprint density at radius 1 is 1.00 bits per heavy atom. The average molecular weight is 470 g/mol. The number of rotatable bonds is 7. The van der Waals surface area contributed by atoms with Crippen molar-refractivity contribution in [3.05, 3.63) is 70.2 Å². The molecule has 1 aliphatic carbocycles. The molecule has 30 heavy (non-hydrogen) atoms. The van der Waals surface area contributed by atoms with Crippen molar-refractivity contribution in [1.29, 1.82) is 0 Å². The predicted molar refractivity (Wildman–Crippen MR) is 123 cm³/mol. The standard InChI is InChI=1S/C24H28BrN3O2/c1-18(20-11-8-12-21(25)17-20)27-28-22(29)13-16-24(14-6-3-7-15-24)26-23(30)19-9-4-2-5-10-19/h2,4-5,8-12,17H,3,6-7,13-16H2,1H3,(H,26,30)(H,28,29). The molecule has 0 saturated heterocycles. The normalized spacial score (nSPS) is 16.0. The zero-order valence-corrected chi connectivity index (χ0v) is 18.9. The highest BCUT2D eigenvalue weighted by atomic mass is 79.9. The van der Waals surface area contributed by atoms with Crippen LogP contribution in [-0.4, -0.2) is 23.1 Å². The van der Waals surface area contributed by atoms with Gasteiger partial charge >= 0.3 is 0 Å². The quantitative estimate of drug-likeness (QED) is 0.431. The third kappa shape index (κ3) is 6.26.